The Labute approximate surface area is 142 Å². The van der Waals surface area contributed by atoms with Gasteiger partial charge in [0.1, 0.15) is 24.3 Å². The van der Waals surface area contributed by atoms with Crippen molar-refractivity contribution in [2.75, 3.05) is 26.7 Å². The molecule has 4 rings (SSSR count). The van der Waals surface area contributed by atoms with E-state index in [-0.39, 0.29) is 0 Å². The molecule has 2 aromatic heterocycles. The van der Waals surface area contributed by atoms with Crippen LogP contribution in [0.3, 0.4) is 0 Å². The molecule has 1 saturated heterocycles. The van der Waals surface area contributed by atoms with Gasteiger partial charge in [-0.2, -0.15) is 5.10 Å². The summed E-state index contributed by atoms with van der Waals surface area (Å²) in [6, 6.07) is 0.585. The molecule has 2 aliphatic rings. The Morgan fingerprint density at radius 1 is 1.21 bits per heavy atom. The second-order valence-corrected chi connectivity index (χ2v) is 7.12. The van der Waals surface area contributed by atoms with Gasteiger partial charge >= 0.3 is 0 Å². The van der Waals surface area contributed by atoms with E-state index in [9.17, 15) is 0 Å². The van der Waals surface area contributed by atoms with Crippen molar-refractivity contribution in [1.29, 1.82) is 0 Å². The Bertz CT molecular complexity index is 660. The number of nitrogens with zero attached hydrogens (tertiary/aromatic N) is 8. The first-order chi connectivity index (χ1) is 11.7. The number of hydrogen-bond acceptors (Lipinski definition) is 6. The van der Waals surface area contributed by atoms with Crippen LogP contribution in [-0.4, -0.2) is 72.1 Å². The summed E-state index contributed by atoms with van der Waals surface area (Å²) in [4.78, 5) is 8.93. The predicted molar refractivity (Wildman–Crippen MR) is 89.3 cm³/mol. The number of likely N-dealkylation sites (N-methyl/N-ethyl adjacent to an activating group) is 1. The van der Waals surface area contributed by atoms with Crippen LogP contribution in [0.2, 0.25) is 0 Å². The van der Waals surface area contributed by atoms with Crippen molar-refractivity contribution in [3.63, 3.8) is 0 Å². The summed E-state index contributed by atoms with van der Waals surface area (Å²) in [5, 5.41) is 13.0. The molecule has 8 nitrogen and oxygen atoms in total. The van der Waals surface area contributed by atoms with Crippen molar-refractivity contribution >= 4 is 0 Å². The fourth-order valence-corrected chi connectivity index (χ4v) is 3.53. The van der Waals surface area contributed by atoms with Gasteiger partial charge in [-0.3, -0.25) is 14.5 Å². The molecular formula is C16H26N8. The highest BCUT2D eigenvalue weighted by molar-refractivity contribution is 5.07. The Balaban J connectivity index is 1.28. The van der Waals surface area contributed by atoms with E-state index in [0.717, 1.165) is 38.5 Å². The molecule has 1 aliphatic heterocycles. The summed E-state index contributed by atoms with van der Waals surface area (Å²) in [6.45, 7) is 5.07. The van der Waals surface area contributed by atoms with Gasteiger partial charge < -0.3 is 4.57 Å². The Kier molecular flexibility index (Phi) is 4.32. The minimum atomic E-state index is 0.585. The van der Waals surface area contributed by atoms with Crippen LogP contribution in [0.5, 0.6) is 0 Å². The Hall–Kier alpha value is -1.80. The normalized spacial score (nSPS) is 21.9. The topological polar surface area (TPSA) is 67.9 Å². The van der Waals surface area contributed by atoms with Gasteiger partial charge in [0.15, 0.2) is 0 Å². The summed E-state index contributed by atoms with van der Waals surface area (Å²) in [5.74, 6) is 2.90. The first-order valence-electron chi connectivity index (χ1n) is 8.84. The Morgan fingerprint density at radius 2 is 2.08 bits per heavy atom. The van der Waals surface area contributed by atoms with Crippen LogP contribution in [0.15, 0.2) is 12.7 Å². The molecule has 2 fully saturated rings. The minimum absolute atomic E-state index is 0.585. The number of likely N-dealkylation sites (tertiary alicyclic amines) is 1. The summed E-state index contributed by atoms with van der Waals surface area (Å²) in [5.41, 5.74) is 0. The third-order valence-electron chi connectivity index (χ3n) is 5.31. The van der Waals surface area contributed by atoms with E-state index in [4.69, 9.17) is 0 Å². The molecule has 1 saturated carbocycles. The standard InChI is InChI=1S/C16H26N8/c1-21(10-15-19-20-16(22(15)2)13-3-4-13)14-5-6-23(9-14)7-8-24-12-17-11-18-24/h11-14H,3-10H2,1-2H3/t14-/m0/s1. The second kappa shape index (κ2) is 6.60. The van der Waals surface area contributed by atoms with Gasteiger partial charge in [-0.05, 0) is 32.9 Å². The largest absolute Gasteiger partial charge is 0.317 e. The van der Waals surface area contributed by atoms with Gasteiger partial charge in [0.25, 0.3) is 0 Å². The summed E-state index contributed by atoms with van der Waals surface area (Å²) in [6.07, 6.45) is 7.13. The molecule has 0 unspecified atom stereocenters. The van der Waals surface area contributed by atoms with Crippen LogP contribution >= 0.6 is 0 Å². The lowest BCUT2D eigenvalue weighted by Crippen LogP contribution is -2.35. The van der Waals surface area contributed by atoms with Crippen molar-refractivity contribution in [3.05, 3.63) is 24.3 Å². The highest BCUT2D eigenvalue weighted by Gasteiger charge is 2.30. The molecule has 8 heteroatoms. The number of hydrogen-bond donors (Lipinski definition) is 0. The van der Waals surface area contributed by atoms with E-state index in [1.165, 1.54) is 25.1 Å². The van der Waals surface area contributed by atoms with Crippen molar-refractivity contribution < 1.29 is 0 Å². The zero-order valence-corrected chi connectivity index (χ0v) is 14.5. The van der Waals surface area contributed by atoms with Crippen LogP contribution in [0.1, 0.15) is 36.8 Å². The lowest BCUT2D eigenvalue weighted by molar-refractivity contribution is 0.215. The molecule has 130 valence electrons. The highest BCUT2D eigenvalue weighted by Crippen LogP contribution is 2.38. The molecule has 0 aromatic carbocycles. The van der Waals surface area contributed by atoms with Crippen molar-refractivity contribution in [2.45, 2.75) is 44.3 Å². The van der Waals surface area contributed by atoms with E-state index in [2.05, 4.69) is 48.7 Å². The van der Waals surface area contributed by atoms with E-state index >= 15 is 0 Å². The van der Waals surface area contributed by atoms with Gasteiger partial charge in [-0.1, -0.05) is 0 Å². The van der Waals surface area contributed by atoms with Gasteiger partial charge in [0.05, 0.1) is 13.1 Å². The average molecular weight is 330 g/mol. The van der Waals surface area contributed by atoms with E-state index in [0.29, 0.717) is 12.0 Å². The molecule has 3 heterocycles. The molecule has 1 aliphatic carbocycles. The fourth-order valence-electron chi connectivity index (χ4n) is 3.53. The zero-order valence-electron chi connectivity index (χ0n) is 14.5. The smallest absolute Gasteiger partial charge is 0.146 e. The maximum Gasteiger partial charge on any atom is 0.146 e. The summed E-state index contributed by atoms with van der Waals surface area (Å²) in [7, 11) is 4.31. The Morgan fingerprint density at radius 3 is 2.83 bits per heavy atom. The monoisotopic (exact) mass is 330 g/mol. The van der Waals surface area contributed by atoms with Gasteiger partial charge in [0.2, 0.25) is 0 Å². The molecule has 0 radical (unpaired) electrons. The van der Waals surface area contributed by atoms with Crippen LogP contribution < -0.4 is 0 Å². The maximum atomic E-state index is 4.42. The van der Waals surface area contributed by atoms with Crippen molar-refractivity contribution in [1.82, 2.24) is 39.3 Å². The highest BCUT2D eigenvalue weighted by atomic mass is 15.3. The molecule has 1 atom stereocenters. The van der Waals surface area contributed by atoms with Gasteiger partial charge in [-0.25, -0.2) is 4.98 Å². The van der Waals surface area contributed by atoms with Gasteiger partial charge in [-0.15, -0.1) is 10.2 Å². The molecule has 2 aromatic rings. The van der Waals surface area contributed by atoms with Crippen molar-refractivity contribution in [2.24, 2.45) is 7.05 Å². The van der Waals surface area contributed by atoms with Crippen molar-refractivity contribution in [3.8, 4) is 0 Å². The summed E-state index contributed by atoms with van der Waals surface area (Å²) < 4.78 is 4.10. The maximum absolute atomic E-state index is 4.42. The zero-order chi connectivity index (χ0) is 16.5. The molecular weight excluding hydrogens is 304 g/mol. The first kappa shape index (κ1) is 15.7. The molecule has 0 N–H and O–H groups in total. The van der Waals surface area contributed by atoms with Crippen LogP contribution in [-0.2, 0) is 20.1 Å². The molecule has 0 amide bonds. The predicted octanol–water partition coefficient (Wildman–Crippen LogP) is 0.490. The fraction of sp³-hybridized carbons (Fsp3) is 0.750. The van der Waals surface area contributed by atoms with E-state index in [1.54, 1.807) is 12.7 Å². The van der Waals surface area contributed by atoms with Crippen LogP contribution in [0.25, 0.3) is 0 Å². The van der Waals surface area contributed by atoms with E-state index in [1.807, 2.05) is 4.68 Å². The molecule has 0 spiro atoms. The van der Waals surface area contributed by atoms with Crippen LogP contribution in [0.4, 0.5) is 0 Å². The van der Waals surface area contributed by atoms with E-state index < -0.39 is 0 Å². The van der Waals surface area contributed by atoms with Gasteiger partial charge in [0, 0.05) is 32.1 Å². The lowest BCUT2D eigenvalue weighted by atomic mass is 10.2. The third kappa shape index (κ3) is 3.34. The molecule has 0 bridgehead atoms. The molecule has 24 heavy (non-hydrogen) atoms. The lowest BCUT2D eigenvalue weighted by Gasteiger charge is -2.24. The summed E-state index contributed by atoms with van der Waals surface area (Å²) >= 11 is 0. The quantitative estimate of drug-likeness (QED) is 0.736. The second-order valence-electron chi connectivity index (χ2n) is 7.12. The first-order valence-corrected chi connectivity index (χ1v) is 8.84. The average Bonchev–Trinajstić information content (AvgIpc) is 3.00. The van der Waals surface area contributed by atoms with Crippen LogP contribution in [0, 0.1) is 0 Å². The number of aromatic nitrogens is 6. The SMILES string of the molecule is CN(Cc1nnc(C2CC2)n1C)[C@H]1CCN(CCn2cncn2)C1. The number of rotatable bonds is 7. The third-order valence-corrected chi connectivity index (χ3v) is 5.31. The minimum Gasteiger partial charge on any atom is -0.317 e.